The van der Waals surface area contributed by atoms with Crippen molar-refractivity contribution in [2.24, 2.45) is 0 Å². The summed E-state index contributed by atoms with van der Waals surface area (Å²) in [6, 6.07) is 7.97. The molecule has 0 radical (unpaired) electrons. The van der Waals surface area contributed by atoms with Crippen molar-refractivity contribution in [2.75, 3.05) is 38.2 Å². The van der Waals surface area contributed by atoms with Crippen LogP contribution in [-0.4, -0.2) is 54.0 Å². The van der Waals surface area contributed by atoms with Crippen molar-refractivity contribution >= 4 is 28.6 Å². The molecule has 1 amide bonds. The van der Waals surface area contributed by atoms with Crippen LogP contribution in [0.2, 0.25) is 0 Å². The molecule has 1 aliphatic rings. The van der Waals surface area contributed by atoms with Gasteiger partial charge in [-0.15, -0.1) is 0 Å². The van der Waals surface area contributed by atoms with Gasteiger partial charge in [0.15, 0.2) is 0 Å². The van der Waals surface area contributed by atoms with E-state index < -0.39 is 0 Å². The Labute approximate surface area is 147 Å². The first-order valence-corrected chi connectivity index (χ1v) is 9.62. The van der Waals surface area contributed by atoms with Crippen molar-refractivity contribution in [1.82, 2.24) is 15.2 Å². The van der Waals surface area contributed by atoms with Gasteiger partial charge in [0.2, 0.25) is 5.91 Å². The molecule has 0 aliphatic carbocycles. The van der Waals surface area contributed by atoms with E-state index in [4.69, 9.17) is 4.74 Å². The molecule has 0 saturated carbocycles. The van der Waals surface area contributed by atoms with Crippen LogP contribution in [0.15, 0.2) is 24.3 Å². The Hall–Kier alpha value is -1.66. The first-order valence-electron chi connectivity index (χ1n) is 8.47. The standard InChI is InChI=1S/C18H25N3O2S/c1-23-16-4-5-17-14(11-16)10-15(20-17)12-19-18(22)13-24-9-8-21-6-2-3-7-21/h4-5,10-11,20H,2-3,6-9,12-13H2,1H3,(H,19,22). The van der Waals surface area contributed by atoms with E-state index in [1.54, 1.807) is 18.9 Å². The van der Waals surface area contributed by atoms with E-state index >= 15 is 0 Å². The van der Waals surface area contributed by atoms with Crippen LogP contribution < -0.4 is 10.1 Å². The van der Waals surface area contributed by atoms with Crippen LogP contribution in [0.25, 0.3) is 10.9 Å². The second-order valence-corrected chi connectivity index (χ2v) is 7.23. The zero-order chi connectivity index (χ0) is 16.8. The molecule has 3 rings (SSSR count). The van der Waals surface area contributed by atoms with Gasteiger partial charge in [0, 0.05) is 28.9 Å². The summed E-state index contributed by atoms with van der Waals surface area (Å²) in [6.45, 7) is 4.07. The van der Waals surface area contributed by atoms with Crippen molar-refractivity contribution in [1.29, 1.82) is 0 Å². The molecule has 1 fully saturated rings. The average Bonchev–Trinajstić information content (AvgIpc) is 3.25. The summed E-state index contributed by atoms with van der Waals surface area (Å²) < 4.78 is 5.23. The minimum atomic E-state index is 0.0951. The van der Waals surface area contributed by atoms with E-state index in [2.05, 4.69) is 21.3 Å². The lowest BCUT2D eigenvalue weighted by Gasteiger charge is -2.13. The molecule has 130 valence electrons. The largest absolute Gasteiger partial charge is 0.497 e. The predicted molar refractivity (Wildman–Crippen MR) is 99.7 cm³/mol. The van der Waals surface area contributed by atoms with E-state index in [-0.39, 0.29) is 5.91 Å². The summed E-state index contributed by atoms with van der Waals surface area (Å²) in [7, 11) is 1.66. The number of amides is 1. The highest BCUT2D eigenvalue weighted by molar-refractivity contribution is 7.99. The number of carbonyl (C=O) groups is 1. The van der Waals surface area contributed by atoms with Crippen molar-refractivity contribution in [3.8, 4) is 5.75 Å². The van der Waals surface area contributed by atoms with Crippen LogP contribution >= 0.6 is 11.8 Å². The molecular weight excluding hydrogens is 322 g/mol. The lowest BCUT2D eigenvalue weighted by Crippen LogP contribution is -2.26. The van der Waals surface area contributed by atoms with Gasteiger partial charge in [-0.05, 0) is 50.2 Å². The maximum Gasteiger partial charge on any atom is 0.230 e. The molecule has 1 aliphatic heterocycles. The Morgan fingerprint density at radius 3 is 2.96 bits per heavy atom. The second kappa shape index (κ2) is 8.44. The average molecular weight is 347 g/mol. The Morgan fingerprint density at radius 2 is 2.17 bits per heavy atom. The molecule has 6 heteroatoms. The number of nitrogens with one attached hydrogen (secondary N) is 2. The van der Waals surface area contributed by atoms with Gasteiger partial charge in [-0.1, -0.05) is 0 Å². The number of nitrogens with zero attached hydrogens (tertiary/aromatic N) is 1. The molecule has 24 heavy (non-hydrogen) atoms. The predicted octanol–water partition coefficient (Wildman–Crippen LogP) is 2.62. The van der Waals surface area contributed by atoms with Crippen LogP contribution in [-0.2, 0) is 11.3 Å². The van der Waals surface area contributed by atoms with Crippen LogP contribution in [0, 0.1) is 0 Å². The van der Waals surface area contributed by atoms with E-state index in [0.717, 1.165) is 34.6 Å². The Morgan fingerprint density at radius 1 is 1.33 bits per heavy atom. The molecule has 2 N–H and O–H groups in total. The normalized spacial score (nSPS) is 15.0. The number of aromatic nitrogens is 1. The number of ether oxygens (including phenoxy) is 1. The number of carbonyl (C=O) groups excluding carboxylic acids is 1. The minimum absolute atomic E-state index is 0.0951. The quantitative estimate of drug-likeness (QED) is 0.721. The Balaban J connectivity index is 1.39. The highest BCUT2D eigenvalue weighted by Crippen LogP contribution is 2.21. The number of thioether (sulfide) groups is 1. The maximum atomic E-state index is 11.9. The summed E-state index contributed by atoms with van der Waals surface area (Å²) >= 11 is 1.71. The van der Waals surface area contributed by atoms with Gasteiger partial charge >= 0.3 is 0 Å². The van der Waals surface area contributed by atoms with Gasteiger partial charge in [0.05, 0.1) is 19.4 Å². The van der Waals surface area contributed by atoms with Crippen LogP contribution in [0.5, 0.6) is 5.75 Å². The molecule has 5 nitrogen and oxygen atoms in total. The molecule has 1 aromatic heterocycles. The van der Waals surface area contributed by atoms with Gasteiger partial charge in [-0.25, -0.2) is 0 Å². The topological polar surface area (TPSA) is 57.4 Å². The molecule has 2 heterocycles. The third-order valence-electron chi connectivity index (χ3n) is 4.34. The molecule has 0 unspecified atom stereocenters. The third-order valence-corrected chi connectivity index (χ3v) is 5.28. The van der Waals surface area contributed by atoms with Gasteiger partial charge in [0.25, 0.3) is 0 Å². The van der Waals surface area contributed by atoms with E-state index in [9.17, 15) is 4.79 Å². The monoisotopic (exact) mass is 347 g/mol. The number of methoxy groups -OCH3 is 1. The molecule has 0 atom stereocenters. The first kappa shape index (κ1) is 17.2. The zero-order valence-corrected chi connectivity index (χ0v) is 15.0. The zero-order valence-electron chi connectivity index (χ0n) is 14.1. The number of hydrogen-bond donors (Lipinski definition) is 2. The van der Waals surface area contributed by atoms with Crippen molar-refractivity contribution in [3.05, 3.63) is 30.0 Å². The summed E-state index contributed by atoms with van der Waals surface area (Å²) in [6.07, 6.45) is 2.64. The fourth-order valence-corrected chi connectivity index (χ4v) is 3.82. The number of aromatic amines is 1. The highest BCUT2D eigenvalue weighted by atomic mass is 32.2. The van der Waals surface area contributed by atoms with Crippen LogP contribution in [0.1, 0.15) is 18.5 Å². The molecule has 2 aromatic rings. The second-order valence-electron chi connectivity index (χ2n) is 6.13. The summed E-state index contributed by atoms with van der Waals surface area (Å²) in [5.41, 5.74) is 2.06. The molecule has 1 aromatic carbocycles. The number of likely N-dealkylation sites (tertiary alicyclic amines) is 1. The van der Waals surface area contributed by atoms with Gasteiger partial charge in [-0.2, -0.15) is 11.8 Å². The number of hydrogen-bond acceptors (Lipinski definition) is 4. The molecule has 0 bridgehead atoms. The lowest BCUT2D eigenvalue weighted by molar-refractivity contribution is -0.118. The van der Waals surface area contributed by atoms with Gasteiger partial charge in [0.1, 0.15) is 5.75 Å². The van der Waals surface area contributed by atoms with Crippen molar-refractivity contribution in [2.45, 2.75) is 19.4 Å². The SMILES string of the molecule is COc1ccc2[nH]c(CNC(=O)CSCCN3CCCC3)cc2c1. The van der Waals surface area contributed by atoms with E-state index in [1.807, 2.05) is 18.2 Å². The number of H-pyrrole nitrogens is 1. The van der Waals surface area contributed by atoms with Crippen molar-refractivity contribution in [3.63, 3.8) is 0 Å². The summed E-state index contributed by atoms with van der Waals surface area (Å²) in [5, 5.41) is 4.08. The first-order chi connectivity index (χ1) is 11.7. The van der Waals surface area contributed by atoms with Crippen molar-refractivity contribution < 1.29 is 9.53 Å². The summed E-state index contributed by atoms with van der Waals surface area (Å²) in [5.74, 6) is 2.49. The summed E-state index contributed by atoms with van der Waals surface area (Å²) in [4.78, 5) is 17.7. The lowest BCUT2D eigenvalue weighted by atomic mass is 10.2. The van der Waals surface area contributed by atoms with Crippen LogP contribution in [0.3, 0.4) is 0 Å². The highest BCUT2D eigenvalue weighted by Gasteiger charge is 2.11. The molecular formula is C18H25N3O2S. The smallest absolute Gasteiger partial charge is 0.230 e. The van der Waals surface area contributed by atoms with E-state index in [0.29, 0.717) is 12.3 Å². The number of rotatable bonds is 8. The number of fused-ring (bicyclic) bond motifs is 1. The van der Waals surface area contributed by atoms with Gasteiger partial charge in [-0.3, -0.25) is 4.79 Å². The fourth-order valence-electron chi connectivity index (χ4n) is 3.00. The van der Waals surface area contributed by atoms with Crippen LogP contribution in [0.4, 0.5) is 0 Å². The van der Waals surface area contributed by atoms with Gasteiger partial charge < -0.3 is 19.9 Å². The Kier molecular flexibility index (Phi) is 6.04. The minimum Gasteiger partial charge on any atom is -0.497 e. The maximum absolute atomic E-state index is 11.9. The third kappa shape index (κ3) is 4.68. The molecule has 1 saturated heterocycles. The molecule has 0 spiro atoms. The Bertz CT molecular complexity index is 680. The number of benzene rings is 1. The van der Waals surface area contributed by atoms with E-state index in [1.165, 1.54) is 25.9 Å². The fraction of sp³-hybridized carbons (Fsp3) is 0.500.